The van der Waals surface area contributed by atoms with Crippen LogP contribution in [-0.4, -0.2) is 48.7 Å². The third kappa shape index (κ3) is 6.16. The van der Waals surface area contributed by atoms with Crippen LogP contribution in [0.5, 0.6) is 0 Å². The van der Waals surface area contributed by atoms with Gasteiger partial charge in [0.2, 0.25) is 11.8 Å². The van der Waals surface area contributed by atoms with Crippen molar-refractivity contribution < 1.29 is 14.7 Å². The summed E-state index contributed by atoms with van der Waals surface area (Å²) in [5.41, 5.74) is 0.916. The Kier molecular flexibility index (Phi) is 8.44. The van der Waals surface area contributed by atoms with Crippen molar-refractivity contribution in [2.45, 2.75) is 32.4 Å². The fraction of sp³-hybridized carbons (Fsp3) is 0.455. The number of amides is 2. The lowest BCUT2D eigenvalue weighted by molar-refractivity contribution is -0.130. The second kappa shape index (κ2) is 10.6. The first-order valence-electron chi connectivity index (χ1n) is 9.87. The number of halogens is 1. The summed E-state index contributed by atoms with van der Waals surface area (Å²) in [4.78, 5) is 25.1. The number of β-amino-alcohol motifs (C(OH)–C–C–N with tert-alkyl or cyclic N) is 1. The molecule has 1 aliphatic rings. The summed E-state index contributed by atoms with van der Waals surface area (Å²) in [5, 5.41) is 20.9. The van der Waals surface area contributed by atoms with E-state index in [0.717, 1.165) is 16.3 Å². The summed E-state index contributed by atoms with van der Waals surface area (Å²) < 4.78 is 0. The van der Waals surface area contributed by atoms with Crippen LogP contribution in [-0.2, 0) is 16.0 Å². The molecular weight excluding hydrogens is 390 g/mol. The molecule has 158 valence electrons. The fourth-order valence-electron chi connectivity index (χ4n) is 3.56. The molecule has 3 unspecified atom stereocenters. The molecule has 2 amide bonds. The van der Waals surface area contributed by atoms with E-state index in [1.165, 1.54) is 0 Å². The van der Waals surface area contributed by atoms with Gasteiger partial charge in [0.05, 0.1) is 12.5 Å². The summed E-state index contributed by atoms with van der Waals surface area (Å²) in [6.07, 6.45) is -0.215. The van der Waals surface area contributed by atoms with Crippen molar-refractivity contribution in [1.29, 1.82) is 0 Å². The van der Waals surface area contributed by atoms with Crippen LogP contribution < -0.4 is 16.0 Å². The fourth-order valence-corrected chi connectivity index (χ4v) is 3.56. The molecule has 0 spiro atoms. The maximum absolute atomic E-state index is 12.6. The van der Waals surface area contributed by atoms with E-state index >= 15 is 0 Å². The number of nitrogens with one attached hydrogen (secondary N) is 3. The van der Waals surface area contributed by atoms with Crippen LogP contribution in [0.3, 0.4) is 0 Å². The van der Waals surface area contributed by atoms with E-state index in [2.05, 4.69) is 16.0 Å². The number of carbonyl (C=O) groups is 2. The van der Waals surface area contributed by atoms with E-state index in [1.54, 1.807) is 0 Å². The molecule has 1 heterocycles. The molecule has 1 fully saturated rings. The van der Waals surface area contributed by atoms with Crippen molar-refractivity contribution in [2.75, 3.05) is 19.6 Å². The van der Waals surface area contributed by atoms with Gasteiger partial charge < -0.3 is 21.1 Å². The van der Waals surface area contributed by atoms with E-state index in [9.17, 15) is 14.7 Å². The molecule has 6 nitrogen and oxygen atoms in total. The van der Waals surface area contributed by atoms with Gasteiger partial charge in [-0.3, -0.25) is 9.59 Å². The van der Waals surface area contributed by atoms with Gasteiger partial charge in [-0.1, -0.05) is 56.3 Å². The van der Waals surface area contributed by atoms with Crippen molar-refractivity contribution in [1.82, 2.24) is 16.0 Å². The minimum Gasteiger partial charge on any atom is -0.391 e. The van der Waals surface area contributed by atoms with Gasteiger partial charge in [-0.15, -0.1) is 12.4 Å². The lowest BCUT2D eigenvalue weighted by atomic mass is 10.0. The van der Waals surface area contributed by atoms with Crippen LogP contribution in [0.2, 0.25) is 0 Å². The summed E-state index contributed by atoms with van der Waals surface area (Å²) in [6, 6.07) is 13.4. The predicted octanol–water partition coefficient (Wildman–Crippen LogP) is 1.64. The van der Waals surface area contributed by atoms with Crippen LogP contribution in [0.4, 0.5) is 0 Å². The van der Waals surface area contributed by atoms with Gasteiger partial charge in [0.25, 0.3) is 0 Å². The molecule has 1 saturated heterocycles. The Bertz CT molecular complexity index is 843. The predicted molar refractivity (Wildman–Crippen MR) is 117 cm³/mol. The lowest BCUT2D eigenvalue weighted by Gasteiger charge is -2.23. The maximum Gasteiger partial charge on any atom is 0.242 e. The third-order valence-electron chi connectivity index (χ3n) is 5.29. The molecule has 4 N–H and O–H groups in total. The molecule has 1 aliphatic heterocycles. The zero-order valence-electron chi connectivity index (χ0n) is 16.9. The highest BCUT2D eigenvalue weighted by Gasteiger charge is 2.28. The molecule has 2 aromatic rings. The van der Waals surface area contributed by atoms with E-state index in [1.807, 2.05) is 56.3 Å². The van der Waals surface area contributed by atoms with E-state index in [0.29, 0.717) is 19.6 Å². The van der Waals surface area contributed by atoms with Gasteiger partial charge >= 0.3 is 0 Å². The third-order valence-corrected chi connectivity index (χ3v) is 5.29. The Hall–Kier alpha value is -2.15. The Labute approximate surface area is 177 Å². The minimum absolute atomic E-state index is 0. The minimum atomic E-state index is -0.598. The number of hydrogen-bond donors (Lipinski definition) is 4. The van der Waals surface area contributed by atoms with Gasteiger partial charge in [0, 0.05) is 25.6 Å². The number of aliphatic hydroxyl groups excluding tert-OH is 1. The molecule has 29 heavy (non-hydrogen) atoms. The van der Waals surface area contributed by atoms with Crippen LogP contribution in [0.1, 0.15) is 19.4 Å². The van der Waals surface area contributed by atoms with Crippen LogP contribution in [0.25, 0.3) is 10.8 Å². The standard InChI is InChI=1S/C22H29N3O3.ClH/c1-14(2)21(22(28)24-12-18-11-23-13-19(18)26)25-20(27)10-15-7-8-16-5-3-4-6-17(16)9-15;/h3-9,14,18-19,21,23,26H,10-13H2,1-2H3,(H,24,28)(H,25,27);1H. The van der Waals surface area contributed by atoms with Crippen LogP contribution in [0.15, 0.2) is 42.5 Å². The molecular formula is C22H30ClN3O3. The quantitative estimate of drug-likeness (QED) is 0.549. The number of rotatable bonds is 7. The zero-order chi connectivity index (χ0) is 20.1. The molecule has 7 heteroatoms. The number of benzene rings is 2. The monoisotopic (exact) mass is 419 g/mol. The molecule has 3 rings (SSSR count). The smallest absolute Gasteiger partial charge is 0.242 e. The van der Waals surface area contributed by atoms with Gasteiger partial charge in [0.15, 0.2) is 0 Å². The number of hydrogen-bond acceptors (Lipinski definition) is 4. The van der Waals surface area contributed by atoms with Crippen LogP contribution in [0, 0.1) is 11.8 Å². The van der Waals surface area contributed by atoms with Crippen LogP contribution >= 0.6 is 12.4 Å². The number of fused-ring (bicyclic) bond motifs is 1. The average Bonchev–Trinajstić information content (AvgIpc) is 3.08. The molecule has 0 aliphatic carbocycles. The van der Waals surface area contributed by atoms with Gasteiger partial charge in [-0.2, -0.15) is 0 Å². The van der Waals surface area contributed by atoms with E-state index < -0.39 is 12.1 Å². The van der Waals surface area contributed by atoms with E-state index in [-0.39, 0.29) is 42.5 Å². The summed E-state index contributed by atoms with van der Waals surface area (Å²) in [6.45, 7) is 5.45. The summed E-state index contributed by atoms with van der Waals surface area (Å²) in [7, 11) is 0. The van der Waals surface area contributed by atoms with Gasteiger partial charge in [-0.25, -0.2) is 0 Å². The molecule has 0 bridgehead atoms. The van der Waals surface area contributed by atoms with E-state index in [4.69, 9.17) is 0 Å². The van der Waals surface area contributed by atoms with Gasteiger partial charge in [-0.05, 0) is 22.3 Å². The zero-order valence-corrected chi connectivity index (χ0v) is 17.7. The summed E-state index contributed by atoms with van der Waals surface area (Å²) in [5.74, 6) is -0.412. The first kappa shape index (κ1) is 23.1. The van der Waals surface area contributed by atoms with Crippen molar-refractivity contribution in [3.05, 3.63) is 48.0 Å². The van der Waals surface area contributed by atoms with Gasteiger partial charge in [0.1, 0.15) is 6.04 Å². The Morgan fingerprint density at radius 3 is 2.52 bits per heavy atom. The lowest BCUT2D eigenvalue weighted by Crippen LogP contribution is -2.51. The Morgan fingerprint density at radius 1 is 1.14 bits per heavy atom. The molecule has 3 atom stereocenters. The van der Waals surface area contributed by atoms with Crippen molar-refractivity contribution >= 4 is 35.0 Å². The molecule has 0 saturated carbocycles. The molecule has 2 aromatic carbocycles. The molecule has 0 radical (unpaired) electrons. The first-order chi connectivity index (χ1) is 13.4. The SMILES string of the molecule is CC(C)C(NC(=O)Cc1ccc2ccccc2c1)C(=O)NCC1CNCC1O.Cl. The highest BCUT2D eigenvalue weighted by atomic mass is 35.5. The topological polar surface area (TPSA) is 90.5 Å². The normalized spacial score (nSPS) is 19.6. The largest absolute Gasteiger partial charge is 0.391 e. The second-order valence-corrected chi connectivity index (χ2v) is 7.88. The first-order valence-corrected chi connectivity index (χ1v) is 9.87. The average molecular weight is 420 g/mol. The second-order valence-electron chi connectivity index (χ2n) is 7.88. The number of carbonyl (C=O) groups excluding carboxylic acids is 2. The Balaban J connectivity index is 0.00000300. The van der Waals surface area contributed by atoms with Crippen molar-refractivity contribution in [3.63, 3.8) is 0 Å². The number of aliphatic hydroxyl groups is 1. The van der Waals surface area contributed by atoms with Crippen molar-refractivity contribution in [3.8, 4) is 0 Å². The Morgan fingerprint density at radius 2 is 1.86 bits per heavy atom. The maximum atomic E-state index is 12.6. The van der Waals surface area contributed by atoms with Crippen molar-refractivity contribution in [2.24, 2.45) is 11.8 Å². The highest BCUT2D eigenvalue weighted by molar-refractivity contribution is 5.89. The molecule has 0 aromatic heterocycles. The summed E-state index contributed by atoms with van der Waals surface area (Å²) >= 11 is 0. The highest BCUT2D eigenvalue weighted by Crippen LogP contribution is 2.16.